The number of rotatable bonds is 6. The summed E-state index contributed by atoms with van der Waals surface area (Å²) in [5.41, 5.74) is 2.96. The summed E-state index contributed by atoms with van der Waals surface area (Å²) in [6.45, 7) is 3.30. The third kappa shape index (κ3) is 6.08. The molecule has 0 atom stereocenters. The lowest BCUT2D eigenvalue weighted by molar-refractivity contribution is 0.102. The number of urea groups is 1. The maximum absolute atomic E-state index is 12.7. The number of carbonyl (C=O) groups excluding carboxylic acids is 2. The number of nitrogens with one attached hydrogen (secondary N) is 2. The second-order valence-corrected chi connectivity index (χ2v) is 8.42. The Kier molecular flexibility index (Phi) is 7.34. The molecule has 1 aromatic heterocycles. The average molecular weight is 460 g/mol. The summed E-state index contributed by atoms with van der Waals surface area (Å²) in [4.78, 5) is 39.8. The van der Waals surface area contributed by atoms with Gasteiger partial charge in [0.25, 0.3) is 5.91 Å². The normalized spacial score (nSPS) is 13.6. The van der Waals surface area contributed by atoms with E-state index in [0.717, 1.165) is 12.1 Å². The topological polar surface area (TPSA) is 93.7 Å². The van der Waals surface area contributed by atoms with Gasteiger partial charge in [0.1, 0.15) is 0 Å². The molecule has 176 valence electrons. The van der Waals surface area contributed by atoms with Crippen LogP contribution in [0.25, 0.3) is 0 Å². The van der Waals surface area contributed by atoms with Crippen molar-refractivity contribution >= 4 is 29.3 Å². The first-order valence-electron chi connectivity index (χ1n) is 11.2. The molecule has 0 unspecified atom stereocenters. The Bertz CT molecular complexity index is 1110. The van der Waals surface area contributed by atoms with Gasteiger partial charge in [-0.15, -0.1) is 0 Å². The van der Waals surface area contributed by atoms with E-state index in [1.807, 2.05) is 38.4 Å². The van der Waals surface area contributed by atoms with Gasteiger partial charge in [-0.3, -0.25) is 4.79 Å². The van der Waals surface area contributed by atoms with Gasteiger partial charge in [-0.05, 0) is 56.1 Å². The first-order valence-corrected chi connectivity index (χ1v) is 11.2. The molecule has 0 spiro atoms. The summed E-state index contributed by atoms with van der Waals surface area (Å²) in [6.07, 6.45) is 3.43. The lowest BCUT2D eigenvalue weighted by Gasteiger charge is -2.34. The van der Waals surface area contributed by atoms with E-state index in [2.05, 4.69) is 30.4 Å². The van der Waals surface area contributed by atoms with Gasteiger partial charge < -0.3 is 25.3 Å². The summed E-state index contributed by atoms with van der Waals surface area (Å²) in [5, 5.41) is 5.83. The highest BCUT2D eigenvalue weighted by Gasteiger charge is 2.22. The molecule has 3 aromatic rings. The molecule has 34 heavy (non-hydrogen) atoms. The van der Waals surface area contributed by atoms with Gasteiger partial charge in [-0.2, -0.15) is 0 Å². The molecule has 2 heterocycles. The number of aromatic nitrogens is 2. The lowest BCUT2D eigenvalue weighted by atomic mass is 10.1. The van der Waals surface area contributed by atoms with Crippen LogP contribution in [0.3, 0.4) is 0 Å². The first-order chi connectivity index (χ1) is 16.5. The molecule has 1 saturated heterocycles. The van der Waals surface area contributed by atoms with Crippen LogP contribution in [-0.4, -0.2) is 72.0 Å². The quantitative estimate of drug-likeness (QED) is 0.588. The number of anilines is 3. The molecule has 2 N–H and O–H groups in total. The predicted octanol–water partition coefficient (Wildman–Crippen LogP) is 3.14. The van der Waals surface area contributed by atoms with Gasteiger partial charge in [0.2, 0.25) is 5.95 Å². The van der Waals surface area contributed by atoms with E-state index in [1.165, 1.54) is 0 Å². The Morgan fingerprint density at radius 2 is 1.53 bits per heavy atom. The minimum atomic E-state index is -0.195. The van der Waals surface area contributed by atoms with E-state index < -0.39 is 0 Å². The minimum Gasteiger partial charge on any atom is -0.337 e. The molecule has 9 heteroatoms. The highest BCUT2D eigenvalue weighted by atomic mass is 16.2. The standard InChI is InChI=1S/C25H29N7O2/c1-30(2)18-19-7-9-20(10-8-19)23(33)28-21-5-3-6-22(17-21)29-25(34)32-15-13-31(14-16-32)24-26-11-4-12-27-24/h3-12,17H,13-16,18H2,1-2H3,(H,28,33)(H,29,34). The molecule has 0 bridgehead atoms. The first kappa shape index (κ1) is 23.2. The largest absolute Gasteiger partial charge is 0.337 e. The van der Waals surface area contributed by atoms with E-state index in [0.29, 0.717) is 49.1 Å². The highest BCUT2D eigenvalue weighted by molar-refractivity contribution is 6.04. The number of hydrogen-bond donors (Lipinski definition) is 2. The van der Waals surface area contributed by atoms with Crippen LogP contribution < -0.4 is 15.5 Å². The maximum Gasteiger partial charge on any atom is 0.321 e. The van der Waals surface area contributed by atoms with Crippen LogP contribution in [0, 0.1) is 0 Å². The molecule has 2 aromatic carbocycles. The second-order valence-electron chi connectivity index (χ2n) is 8.42. The van der Waals surface area contributed by atoms with Gasteiger partial charge in [-0.1, -0.05) is 18.2 Å². The SMILES string of the molecule is CN(C)Cc1ccc(C(=O)Nc2cccc(NC(=O)N3CCN(c4ncccn4)CC3)c2)cc1. The van der Waals surface area contributed by atoms with Crippen LogP contribution in [0.5, 0.6) is 0 Å². The van der Waals surface area contributed by atoms with Crippen molar-refractivity contribution in [2.45, 2.75) is 6.54 Å². The third-order valence-electron chi connectivity index (χ3n) is 5.49. The van der Waals surface area contributed by atoms with E-state index >= 15 is 0 Å². The number of carbonyl (C=O) groups is 2. The van der Waals surface area contributed by atoms with Crippen LogP contribution in [0.2, 0.25) is 0 Å². The Labute approximate surface area is 199 Å². The fraction of sp³-hybridized carbons (Fsp3) is 0.280. The van der Waals surface area contributed by atoms with E-state index in [9.17, 15) is 9.59 Å². The molecule has 9 nitrogen and oxygen atoms in total. The molecule has 0 aliphatic carbocycles. The molecular weight excluding hydrogens is 430 g/mol. The van der Waals surface area contributed by atoms with Crippen LogP contribution in [0.15, 0.2) is 67.0 Å². The van der Waals surface area contributed by atoms with Crippen LogP contribution in [0.4, 0.5) is 22.1 Å². The van der Waals surface area contributed by atoms with Gasteiger partial charge in [0.05, 0.1) is 0 Å². The Morgan fingerprint density at radius 3 is 2.18 bits per heavy atom. The van der Waals surface area contributed by atoms with E-state index in [1.54, 1.807) is 47.6 Å². The summed E-state index contributed by atoms with van der Waals surface area (Å²) in [6, 6.07) is 16.3. The van der Waals surface area contributed by atoms with Crippen molar-refractivity contribution in [3.63, 3.8) is 0 Å². The number of piperazine rings is 1. The molecule has 3 amide bonds. The summed E-state index contributed by atoms with van der Waals surface area (Å²) < 4.78 is 0. The van der Waals surface area contributed by atoms with Gasteiger partial charge >= 0.3 is 6.03 Å². The molecule has 1 fully saturated rings. The molecule has 1 aliphatic rings. The number of benzene rings is 2. The molecule has 1 aliphatic heterocycles. The van der Waals surface area contributed by atoms with Gasteiger partial charge in [-0.25, -0.2) is 14.8 Å². The van der Waals surface area contributed by atoms with Crippen LogP contribution >= 0.6 is 0 Å². The summed E-state index contributed by atoms with van der Waals surface area (Å²) >= 11 is 0. The van der Waals surface area contributed by atoms with Crippen molar-refractivity contribution in [1.82, 2.24) is 19.8 Å². The van der Waals surface area contributed by atoms with E-state index in [-0.39, 0.29) is 11.9 Å². The van der Waals surface area contributed by atoms with Crippen molar-refractivity contribution in [3.05, 3.63) is 78.1 Å². The summed E-state index contributed by atoms with van der Waals surface area (Å²) in [5.74, 6) is 0.484. The van der Waals surface area contributed by atoms with Crippen LogP contribution in [-0.2, 0) is 6.54 Å². The Morgan fingerprint density at radius 1 is 0.882 bits per heavy atom. The van der Waals surface area contributed by atoms with Gasteiger partial charge in [0.15, 0.2) is 0 Å². The minimum absolute atomic E-state index is 0.173. The molecule has 0 radical (unpaired) electrons. The monoisotopic (exact) mass is 459 g/mol. The summed E-state index contributed by atoms with van der Waals surface area (Å²) in [7, 11) is 4.01. The molecule has 0 saturated carbocycles. The third-order valence-corrected chi connectivity index (χ3v) is 5.49. The Hall–Kier alpha value is -3.98. The zero-order valence-electron chi connectivity index (χ0n) is 19.4. The smallest absolute Gasteiger partial charge is 0.321 e. The maximum atomic E-state index is 12.7. The number of amides is 3. The van der Waals surface area contributed by atoms with Crippen molar-refractivity contribution < 1.29 is 9.59 Å². The van der Waals surface area contributed by atoms with Crippen molar-refractivity contribution in [1.29, 1.82) is 0 Å². The number of hydrogen-bond acceptors (Lipinski definition) is 6. The van der Waals surface area contributed by atoms with Gasteiger partial charge in [0, 0.05) is 62.1 Å². The second kappa shape index (κ2) is 10.8. The zero-order chi connectivity index (χ0) is 23.9. The fourth-order valence-electron chi connectivity index (χ4n) is 3.77. The fourth-order valence-corrected chi connectivity index (χ4v) is 3.77. The average Bonchev–Trinajstić information content (AvgIpc) is 2.85. The zero-order valence-corrected chi connectivity index (χ0v) is 19.4. The van der Waals surface area contributed by atoms with Crippen molar-refractivity contribution in [2.24, 2.45) is 0 Å². The molecule has 4 rings (SSSR count). The predicted molar refractivity (Wildman–Crippen MR) is 133 cm³/mol. The molecular formula is C25H29N7O2. The highest BCUT2D eigenvalue weighted by Crippen LogP contribution is 2.18. The lowest BCUT2D eigenvalue weighted by Crippen LogP contribution is -2.50. The number of nitrogens with zero attached hydrogens (tertiary/aromatic N) is 5. The van der Waals surface area contributed by atoms with E-state index in [4.69, 9.17) is 0 Å². The van der Waals surface area contributed by atoms with Crippen molar-refractivity contribution in [2.75, 3.05) is 55.8 Å². The Balaban J connectivity index is 1.31. The van der Waals surface area contributed by atoms with Crippen molar-refractivity contribution in [3.8, 4) is 0 Å². The van der Waals surface area contributed by atoms with Crippen LogP contribution in [0.1, 0.15) is 15.9 Å².